The number of nitrogens with two attached hydrogens (primary N) is 1. The Labute approximate surface area is 209 Å². The third-order valence-electron chi connectivity index (χ3n) is 5.50. The van der Waals surface area contributed by atoms with Gasteiger partial charge < -0.3 is 20.9 Å². The summed E-state index contributed by atoms with van der Waals surface area (Å²) in [5.41, 5.74) is 7.87. The third-order valence-corrected chi connectivity index (χ3v) is 5.50. The van der Waals surface area contributed by atoms with Gasteiger partial charge in [0.1, 0.15) is 11.9 Å². The van der Waals surface area contributed by atoms with Crippen molar-refractivity contribution in [3.8, 4) is 5.75 Å². The van der Waals surface area contributed by atoms with E-state index in [0.717, 1.165) is 0 Å². The first-order valence-electron chi connectivity index (χ1n) is 11.5. The van der Waals surface area contributed by atoms with E-state index in [4.69, 9.17) is 10.5 Å². The van der Waals surface area contributed by atoms with Gasteiger partial charge in [-0.1, -0.05) is 55.5 Å². The van der Waals surface area contributed by atoms with Crippen LogP contribution >= 0.6 is 0 Å². The molecule has 0 aliphatic rings. The fourth-order valence-electron chi connectivity index (χ4n) is 3.56. The van der Waals surface area contributed by atoms with Gasteiger partial charge in [-0.15, -0.1) is 0 Å². The van der Waals surface area contributed by atoms with Crippen molar-refractivity contribution in [2.45, 2.75) is 25.9 Å². The maximum atomic E-state index is 12.5. The van der Waals surface area contributed by atoms with E-state index in [1.807, 2.05) is 6.92 Å². The number of nitrogen functional groups attached to an aromatic ring is 1. The summed E-state index contributed by atoms with van der Waals surface area (Å²) in [6, 6.07) is 21.7. The van der Waals surface area contributed by atoms with Gasteiger partial charge in [0.2, 0.25) is 5.91 Å². The lowest BCUT2D eigenvalue weighted by Crippen LogP contribution is -2.33. The minimum Gasteiger partial charge on any atom is -0.508 e. The van der Waals surface area contributed by atoms with E-state index in [1.165, 1.54) is 18.2 Å². The van der Waals surface area contributed by atoms with Gasteiger partial charge in [0.15, 0.2) is 0 Å². The van der Waals surface area contributed by atoms with E-state index in [1.54, 1.807) is 72.8 Å². The average molecular weight is 488 g/mol. The summed E-state index contributed by atoms with van der Waals surface area (Å²) in [5, 5.41) is 14.6. The lowest BCUT2D eigenvalue weighted by Gasteiger charge is -2.24. The van der Waals surface area contributed by atoms with Crippen molar-refractivity contribution in [2.75, 3.05) is 11.1 Å². The molecule has 8 nitrogen and oxygen atoms in total. The monoisotopic (exact) mass is 487 g/mol. The number of carbonyl (C=O) groups excluding carboxylic acids is 3. The quantitative estimate of drug-likeness (QED) is 0.243. The molecule has 8 heteroatoms. The normalized spacial score (nSPS) is 12.5. The van der Waals surface area contributed by atoms with Gasteiger partial charge >= 0.3 is 6.09 Å². The fraction of sp³-hybridized carbons (Fsp3) is 0.179. The number of phenols is 1. The number of imide groups is 1. The number of anilines is 2. The summed E-state index contributed by atoms with van der Waals surface area (Å²) < 4.78 is 5.63. The number of carbonyl (C=O) groups is 3. The molecule has 0 heterocycles. The second kappa shape index (κ2) is 12.8. The number of allylic oxidation sites excluding steroid dienone is 1. The first-order valence-corrected chi connectivity index (χ1v) is 11.5. The average Bonchev–Trinajstić information content (AvgIpc) is 2.87. The minimum absolute atomic E-state index is 0.0851. The number of nitrogens with one attached hydrogen (secondary N) is 2. The first-order chi connectivity index (χ1) is 17.3. The van der Waals surface area contributed by atoms with E-state index in [2.05, 4.69) is 10.6 Å². The molecule has 3 rings (SSSR count). The van der Waals surface area contributed by atoms with Gasteiger partial charge in [-0.25, -0.2) is 4.79 Å². The molecule has 0 spiro atoms. The number of amides is 3. The smallest absolute Gasteiger partial charge is 0.414 e. The highest BCUT2D eigenvalue weighted by Crippen LogP contribution is 2.30. The van der Waals surface area contributed by atoms with E-state index in [-0.39, 0.29) is 17.6 Å². The highest BCUT2D eigenvalue weighted by Gasteiger charge is 2.24. The second-order valence-corrected chi connectivity index (χ2v) is 8.27. The number of phenolic OH excluding ortho intramolecular Hbond substituents is 1. The van der Waals surface area contributed by atoms with E-state index in [0.29, 0.717) is 35.3 Å². The van der Waals surface area contributed by atoms with Crippen LogP contribution in [0.3, 0.4) is 0 Å². The van der Waals surface area contributed by atoms with Crippen molar-refractivity contribution in [1.29, 1.82) is 0 Å². The summed E-state index contributed by atoms with van der Waals surface area (Å²) >= 11 is 0. The van der Waals surface area contributed by atoms with Crippen molar-refractivity contribution < 1.29 is 24.2 Å². The molecule has 36 heavy (non-hydrogen) atoms. The van der Waals surface area contributed by atoms with Crippen molar-refractivity contribution in [3.05, 3.63) is 102 Å². The van der Waals surface area contributed by atoms with Gasteiger partial charge in [0, 0.05) is 5.56 Å². The van der Waals surface area contributed by atoms with Crippen LogP contribution in [0.4, 0.5) is 16.2 Å². The van der Waals surface area contributed by atoms with E-state index < -0.39 is 18.1 Å². The zero-order valence-corrected chi connectivity index (χ0v) is 19.9. The summed E-state index contributed by atoms with van der Waals surface area (Å²) in [6.07, 6.45) is 2.74. The number of benzene rings is 3. The summed E-state index contributed by atoms with van der Waals surface area (Å²) in [5.74, 6) is -0.942. The molecule has 0 fully saturated rings. The zero-order valence-electron chi connectivity index (χ0n) is 19.9. The Hall–Kier alpha value is -4.59. The molecule has 0 aromatic heterocycles. The fourth-order valence-corrected chi connectivity index (χ4v) is 3.56. The van der Waals surface area contributed by atoms with Crippen LogP contribution in [0, 0.1) is 5.92 Å². The molecule has 0 saturated carbocycles. The number of hydrogen-bond acceptors (Lipinski definition) is 6. The SMILES string of the molecule is C[C@H](CC/C=C/C(=O)Nc1ccccc1N)[C@@H](OC(=O)NC(=O)c1ccccc1)c1ccc(O)cc1. The van der Waals surface area contributed by atoms with Gasteiger partial charge in [0.25, 0.3) is 5.91 Å². The molecule has 186 valence electrons. The first kappa shape index (κ1) is 26.0. The van der Waals surface area contributed by atoms with Gasteiger partial charge in [-0.05, 0) is 66.8 Å². The maximum absolute atomic E-state index is 12.5. The molecule has 0 radical (unpaired) electrons. The minimum atomic E-state index is -0.871. The van der Waals surface area contributed by atoms with Gasteiger partial charge in [-0.2, -0.15) is 0 Å². The molecule has 3 amide bonds. The molecule has 3 aromatic carbocycles. The number of aromatic hydroxyl groups is 1. The largest absolute Gasteiger partial charge is 0.508 e. The summed E-state index contributed by atoms with van der Waals surface area (Å²) in [7, 11) is 0. The van der Waals surface area contributed by atoms with Crippen molar-refractivity contribution in [1.82, 2.24) is 5.32 Å². The van der Waals surface area contributed by atoms with Crippen LogP contribution in [0.15, 0.2) is 91.0 Å². The molecule has 3 aromatic rings. The number of para-hydroxylation sites is 2. The number of alkyl carbamates (subject to hydrolysis) is 1. The van der Waals surface area contributed by atoms with Crippen LogP contribution < -0.4 is 16.4 Å². The van der Waals surface area contributed by atoms with Crippen LogP contribution in [0.5, 0.6) is 5.75 Å². The van der Waals surface area contributed by atoms with Gasteiger partial charge in [0.05, 0.1) is 11.4 Å². The molecular formula is C28H29N3O5. The molecule has 2 atom stereocenters. The second-order valence-electron chi connectivity index (χ2n) is 8.27. The maximum Gasteiger partial charge on any atom is 0.414 e. The Morgan fingerprint density at radius 2 is 1.64 bits per heavy atom. The molecule has 0 unspecified atom stereocenters. The summed E-state index contributed by atoms with van der Waals surface area (Å²) in [6.45, 7) is 1.91. The zero-order chi connectivity index (χ0) is 25.9. The van der Waals surface area contributed by atoms with Gasteiger partial charge in [-0.3, -0.25) is 14.9 Å². The third kappa shape index (κ3) is 7.73. The Balaban J connectivity index is 1.60. The van der Waals surface area contributed by atoms with Crippen molar-refractivity contribution in [3.63, 3.8) is 0 Å². The number of hydrogen-bond donors (Lipinski definition) is 4. The standard InChI is InChI=1S/C28H29N3O5/c1-19(9-5-8-14-25(33)30-24-13-7-6-12-23(24)29)26(20-15-17-22(32)18-16-20)36-28(35)31-27(34)21-10-3-2-4-11-21/h2-4,6-8,10-19,26,32H,5,9,29H2,1H3,(H,30,33)(H,31,34,35)/b14-8+/t19-,26-/m1/s1. The van der Waals surface area contributed by atoms with Crippen LogP contribution in [-0.4, -0.2) is 23.0 Å². The number of ether oxygens (including phenoxy) is 1. The lowest BCUT2D eigenvalue weighted by molar-refractivity contribution is -0.111. The Bertz CT molecular complexity index is 1210. The van der Waals surface area contributed by atoms with Crippen molar-refractivity contribution >= 4 is 29.3 Å². The highest BCUT2D eigenvalue weighted by molar-refractivity contribution is 6.03. The topological polar surface area (TPSA) is 131 Å². The molecule has 0 aliphatic heterocycles. The van der Waals surface area contributed by atoms with Crippen LogP contribution in [-0.2, 0) is 9.53 Å². The van der Waals surface area contributed by atoms with E-state index in [9.17, 15) is 19.5 Å². The molecule has 5 N–H and O–H groups in total. The predicted octanol–water partition coefficient (Wildman–Crippen LogP) is 5.19. The predicted molar refractivity (Wildman–Crippen MR) is 138 cm³/mol. The molecule has 0 bridgehead atoms. The highest BCUT2D eigenvalue weighted by atomic mass is 16.6. The Kier molecular flexibility index (Phi) is 9.22. The van der Waals surface area contributed by atoms with E-state index >= 15 is 0 Å². The summed E-state index contributed by atoms with van der Waals surface area (Å²) in [4.78, 5) is 37.0. The van der Waals surface area contributed by atoms with Crippen LogP contribution in [0.1, 0.15) is 41.8 Å². The Morgan fingerprint density at radius 1 is 0.972 bits per heavy atom. The van der Waals surface area contributed by atoms with Crippen LogP contribution in [0.25, 0.3) is 0 Å². The molecule has 0 aliphatic carbocycles. The molecular weight excluding hydrogens is 458 g/mol. The Morgan fingerprint density at radius 3 is 2.33 bits per heavy atom. The van der Waals surface area contributed by atoms with Crippen molar-refractivity contribution in [2.24, 2.45) is 5.92 Å². The molecule has 0 saturated heterocycles. The number of rotatable bonds is 9. The lowest BCUT2D eigenvalue weighted by atomic mass is 9.93. The van der Waals surface area contributed by atoms with Crippen LogP contribution in [0.2, 0.25) is 0 Å².